The lowest BCUT2D eigenvalue weighted by atomic mass is 10.1. The van der Waals surface area contributed by atoms with Gasteiger partial charge in [0.1, 0.15) is 11.5 Å². The minimum absolute atomic E-state index is 0.0532. The first-order valence-electron chi connectivity index (χ1n) is 8.77. The highest BCUT2D eigenvalue weighted by Crippen LogP contribution is 2.31. The molecular formula is C20H12N4O6S. The predicted octanol–water partition coefficient (Wildman–Crippen LogP) is 4.74. The molecule has 11 heteroatoms. The molecule has 0 aliphatic rings. The summed E-state index contributed by atoms with van der Waals surface area (Å²) >= 11 is 1.18. The molecule has 0 saturated heterocycles. The topological polar surface area (TPSA) is 141 Å². The molecule has 0 fully saturated rings. The first-order chi connectivity index (χ1) is 14.9. The summed E-state index contributed by atoms with van der Waals surface area (Å²) in [5.74, 6) is 0.108. The average Bonchev–Trinajstić information content (AvgIpc) is 3.40. The van der Waals surface area contributed by atoms with Gasteiger partial charge in [0.05, 0.1) is 26.5 Å². The minimum Gasteiger partial charge on any atom is -0.455 e. The zero-order chi connectivity index (χ0) is 22.0. The maximum absolute atomic E-state index is 12.3. The van der Waals surface area contributed by atoms with E-state index in [-0.39, 0.29) is 11.4 Å². The number of non-ortho nitro benzene ring substituents is 1. The van der Waals surface area contributed by atoms with E-state index in [1.54, 1.807) is 42.5 Å². The normalized spacial score (nSPS) is 11.1. The van der Waals surface area contributed by atoms with E-state index in [1.807, 2.05) is 0 Å². The van der Waals surface area contributed by atoms with Gasteiger partial charge >= 0.3 is 0 Å². The zero-order valence-electron chi connectivity index (χ0n) is 15.6. The fourth-order valence-electron chi connectivity index (χ4n) is 2.87. The number of nitrogens with zero attached hydrogens (tertiary/aromatic N) is 3. The van der Waals surface area contributed by atoms with Crippen LogP contribution in [0.25, 0.3) is 21.4 Å². The van der Waals surface area contributed by atoms with Crippen molar-refractivity contribution in [2.24, 2.45) is 5.10 Å². The van der Waals surface area contributed by atoms with E-state index in [0.29, 0.717) is 27.3 Å². The minimum atomic E-state index is -0.497. The summed E-state index contributed by atoms with van der Waals surface area (Å²) in [5.41, 5.74) is 2.55. The third kappa shape index (κ3) is 4.16. The van der Waals surface area contributed by atoms with Crippen LogP contribution in [0.3, 0.4) is 0 Å². The number of hydrogen-bond acceptors (Lipinski definition) is 8. The molecule has 0 atom stereocenters. The van der Waals surface area contributed by atoms with E-state index in [2.05, 4.69) is 10.5 Å². The number of rotatable bonds is 6. The van der Waals surface area contributed by atoms with Crippen LogP contribution in [0, 0.1) is 20.2 Å². The number of hydrogen-bond donors (Lipinski definition) is 1. The van der Waals surface area contributed by atoms with Gasteiger partial charge in [-0.2, -0.15) is 5.10 Å². The number of nitro groups is 2. The van der Waals surface area contributed by atoms with Crippen LogP contribution in [-0.4, -0.2) is 22.0 Å². The number of carbonyl (C=O) groups is 1. The van der Waals surface area contributed by atoms with Crippen LogP contribution in [-0.2, 0) is 0 Å². The number of furan rings is 1. The maximum Gasteiger partial charge on any atom is 0.281 e. The van der Waals surface area contributed by atoms with Crippen LogP contribution in [0.5, 0.6) is 0 Å². The number of para-hydroxylation sites is 1. The molecular weight excluding hydrogens is 424 g/mol. The highest BCUT2D eigenvalue weighted by molar-refractivity contribution is 7.20. The summed E-state index contributed by atoms with van der Waals surface area (Å²) in [6, 6.07) is 15.3. The summed E-state index contributed by atoms with van der Waals surface area (Å²) in [6.07, 6.45) is 1.27. The van der Waals surface area contributed by atoms with Crippen LogP contribution in [0.2, 0.25) is 0 Å². The number of thiophene rings is 1. The van der Waals surface area contributed by atoms with Crippen molar-refractivity contribution in [1.29, 1.82) is 0 Å². The van der Waals surface area contributed by atoms with Gasteiger partial charge in [-0.25, -0.2) is 5.43 Å². The van der Waals surface area contributed by atoms with Gasteiger partial charge in [-0.05, 0) is 30.3 Å². The predicted molar refractivity (Wildman–Crippen MR) is 114 cm³/mol. The molecule has 0 aliphatic heterocycles. The van der Waals surface area contributed by atoms with Gasteiger partial charge in [-0.1, -0.05) is 12.1 Å². The lowest BCUT2D eigenvalue weighted by Gasteiger charge is -1.98. The Morgan fingerprint density at radius 1 is 1.03 bits per heavy atom. The Bertz CT molecular complexity index is 1360. The van der Waals surface area contributed by atoms with Crippen molar-refractivity contribution in [2.45, 2.75) is 0 Å². The van der Waals surface area contributed by atoms with Gasteiger partial charge in [0.2, 0.25) is 0 Å². The maximum atomic E-state index is 12.3. The van der Waals surface area contributed by atoms with Crippen molar-refractivity contribution < 1.29 is 19.1 Å². The molecule has 2 heterocycles. The number of fused-ring (bicyclic) bond motifs is 1. The summed E-state index contributed by atoms with van der Waals surface area (Å²) < 4.78 is 6.30. The lowest BCUT2D eigenvalue weighted by Crippen LogP contribution is -2.15. The molecule has 0 spiro atoms. The van der Waals surface area contributed by atoms with Gasteiger partial charge in [0, 0.05) is 28.3 Å². The molecule has 10 nitrogen and oxygen atoms in total. The third-order valence-electron chi connectivity index (χ3n) is 4.29. The molecule has 0 radical (unpaired) electrons. The number of nitrogens with one attached hydrogen (secondary N) is 1. The second kappa shape index (κ2) is 8.16. The van der Waals surface area contributed by atoms with Crippen molar-refractivity contribution in [3.05, 3.63) is 91.5 Å². The smallest absolute Gasteiger partial charge is 0.281 e. The number of carbonyl (C=O) groups excluding carboxylic acids is 1. The number of benzene rings is 2. The monoisotopic (exact) mass is 436 g/mol. The molecule has 154 valence electrons. The van der Waals surface area contributed by atoms with Crippen molar-refractivity contribution >= 4 is 44.9 Å². The Morgan fingerprint density at radius 3 is 2.61 bits per heavy atom. The van der Waals surface area contributed by atoms with Gasteiger partial charge in [0.15, 0.2) is 0 Å². The second-order valence-electron chi connectivity index (χ2n) is 6.27. The van der Waals surface area contributed by atoms with E-state index in [0.717, 1.165) is 4.70 Å². The van der Waals surface area contributed by atoms with E-state index in [4.69, 9.17) is 4.42 Å². The van der Waals surface area contributed by atoms with Crippen LogP contribution in [0.1, 0.15) is 15.4 Å². The quantitative estimate of drug-likeness (QED) is 0.263. The van der Waals surface area contributed by atoms with Crippen LogP contribution >= 0.6 is 11.3 Å². The van der Waals surface area contributed by atoms with Crippen molar-refractivity contribution in [3.63, 3.8) is 0 Å². The summed E-state index contributed by atoms with van der Waals surface area (Å²) in [6.45, 7) is 0. The van der Waals surface area contributed by atoms with Crippen molar-refractivity contribution in [1.82, 2.24) is 5.43 Å². The molecule has 4 aromatic rings. The lowest BCUT2D eigenvalue weighted by molar-refractivity contribution is -0.384. The van der Waals surface area contributed by atoms with E-state index < -0.39 is 15.8 Å². The molecule has 0 bridgehead atoms. The highest BCUT2D eigenvalue weighted by Gasteiger charge is 2.17. The van der Waals surface area contributed by atoms with Crippen LogP contribution in [0.4, 0.5) is 11.4 Å². The molecule has 0 saturated carbocycles. The Balaban J connectivity index is 1.47. The molecule has 2 aromatic heterocycles. The molecule has 0 unspecified atom stereocenters. The van der Waals surface area contributed by atoms with Crippen molar-refractivity contribution in [3.8, 4) is 11.3 Å². The Hall–Kier alpha value is -4.38. The SMILES string of the molecule is O=C(NN=Cc1ccc(-c2ccccc2[N+](=O)[O-])o1)c1cc2cc([N+](=O)[O-])ccc2s1. The molecule has 0 aliphatic carbocycles. The van der Waals surface area contributed by atoms with E-state index >= 15 is 0 Å². The van der Waals surface area contributed by atoms with Gasteiger partial charge in [-0.3, -0.25) is 25.0 Å². The molecule has 31 heavy (non-hydrogen) atoms. The Labute approximate surface area is 177 Å². The Morgan fingerprint density at radius 2 is 1.84 bits per heavy atom. The molecule has 4 rings (SSSR count). The summed E-state index contributed by atoms with van der Waals surface area (Å²) in [4.78, 5) is 33.7. The third-order valence-corrected chi connectivity index (χ3v) is 5.40. The molecule has 1 amide bonds. The number of amides is 1. The van der Waals surface area contributed by atoms with Crippen LogP contribution < -0.4 is 5.43 Å². The van der Waals surface area contributed by atoms with Crippen molar-refractivity contribution in [2.75, 3.05) is 0 Å². The summed E-state index contributed by atoms with van der Waals surface area (Å²) in [5, 5.41) is 26.5. The second-order valence-corrected chi connectivity index (χ2v) is 7.35. The van der Waals surface area contributed by atoms with Gasteiger partial charge < -0.3 is 4.42 Å². The number of hydrazone groups is 1. The van der Waals surface area contributed by atoms with E-state index in [1.165, 1.54) is 35.8 Å². The standard InChI is InChI=1S/C20H12N4O6S/c25-20(19-10-12-9-13(23(26)27)5-8-18(12)31-19)22-21-11-14-6-7-17(30-14)15-3-1-2-4-16(15)24(28)29/h1-11H,(H,22,25). The fraction of sp³-hybridized carbons (Fsp3) is 0. The first kappa shape index (κ1) is 19.9. The van der Waals surface area contributed by atoms with Gasteiger partial charge in [0.25, 0.3) is 17.3 Å². The molecule has 2 aromatic carbocycles. The average molecular weight is 436 g/mol. The van der Waals surface area contributed by atoms with Crippen LogP contribution in [0.15, 0.2) is 70.2 Å². The fourth-order valence-corrected chi connectivity index (χ4v) is 3.81. The zero-order valence-corrected chi connectivity index (χ0v) is 16.4. The summed E-state index contributed by atoms with van der Waals surface area (Å²) in [7, 11) is 0. The largest absolute Gasteiger partial charge is 0.455 e. The van der Waals surface area contributed by atoms with E-state index in [9.17, 15) is 25.0 Å². The number of nitro benzene ring substituents is 2. The van der Waals surface area contributed by atoms with Gasteiger partial charge in [-0.15, -0.1) is 11.3 Å². The highest BCUT2D eigenvalue weighted by atomic mass is 32.1. The Kier molecular flexibility index (Phi) is 5.24. The first-order valence-corrected chi connectivity index (χ1v) is 9.59. The molecule has 1 N–H and O–H groups in total.